The zero-order valence-electron chi connectivity index (χ0n) is 16.3. The summed E-state index contributed by atoms with van der Waals surface area (Å²) in [7, 11) is 0. The normalized spacial score (nSPS) is 14.5. The van der Waals surface area contributed by atoms with E-state index in [0.29, 0.717) is 25.4 Å². The van der Waals surface area contributed by atoms with Crippen molar-refractivity contribution in [1.29, 1.82) is 0 Å². The lowest BCUT2D eigenvalue weighted by atomic mass is 10.0. The Labute approximate surface area is 166 Å². The molecule has 0 radical (unpaired) electrons. The van der Waals surface area contributed by atoms with Gasteiger partial charge in [0.15, 0.2) is 0 Å². The summed E-state index contributed by atoms with van der Waals surface area (Å²) < 4.78 is 0. The summed E-state index contributed by atoms with van der Waals surface area (Å²) >= 11 is 5.71. The number of hydrogen-bond acceptors (Lipinski definition) is 4. The minimum absolute atomic E-state index is 0.138. The Kier molecular flexibility index (Phi) is 6.32. The number of hydrogen-bond donors (Lipinski definition) is 0. The zero-order valence-corrected chi connectivity index (χ0v) is 17.1. The number of halogens is 1. The Balaban J connectivity index is 1.81. The van der Waals surface area contributed by atoms with Crippen LogP contribution in [0.1, 0.15) is 34.6 Å². The molecule has 0 N–H and O–H groups in total. The minimum atomic E-state index is 0.138. The van der Waals surface area contributed by atoms with Gasteiger partial charge in [0.1, 0.15) is 11.6 Å². The predicted octanol–water partition coefficient (Wildman–Crippen LogP) is 3.27. The van der Waals surface area contributed by atoms with Crippen molar-refractivity contribution < 1.29 is 4.79 Å². The number of aryl methyl sites for hydroxylation is 3. The number of benzene rings is 1. The number of rotatable bonds is 5. The molecule has 2 heterocycles. The van der Waals surface area contributed by atoms with E-state index in [2.05, 4.69) is 48.0 Å². The third-order valence-electron chi connectivity index (χ3n) is 5.05. The van der Waals surface area contributed by atoms with Crippen molar-refractivity contribution in [2.75, 3.05) is 37.0 Å². The van der Waals surface area contributed by atoms with Gasteiger partial charge in [0.25, 0.3) is 0 Å². The number of carbonyl (C=O) groups is 1. The van der Waals surface area contributed by atoms with Crippen molar-refractivity contribution in [3.05, 3.63) is 52.5 Å². The second-order valence-corrected chi connectivity index (χ2v) is 7.51. The van der Waals surface area contributed by atoms with E-state index in [1.807, 2.05) is 11.8 Å². The highest BCUT2D eigenvalue weighted by atomic mass is 35.5. The molecular weight excluding hydrogens is 360 g/mol. The van der Waals surface area contributed by atoms with Crippen LogP contribution in [0.5, 0.6) is 0 Å². The van der Waals surface area contributed by atoms with Gasteiger partial charge in [0, 0.05) is 56.2 Å². The quantitative estimate of drug-likeness (QED) is 0.740. The molecule has 1 saturated heterocycles. The molecule has 0 aliphatic carbocycles. The lowest BCUT2D eigenvalue weighted by molar-refractivity contribution is -0.131. The summed E-state index contributed by atoms with van der Waals surface area (Å²) in [5.74, 6) is 2.31. The summed E-state index contributed by atoms with van der Waals surface area (Å²) in [5, 5.41) is 0. The minimum Gasteiger partial charge on any atom is -0.353 e. The van der Waals surface area contributed by atoms with Gasteiger partial charge >= 0.3 is 0 Å². The van der Waals surface area contributed by atoms with Crippen molar-refractivity contribution in [1.82, 2.24) is 14.9 Å². The van der Waals surface area contributed by atoms with Crippen molar-refractivity contribution in [2.45, 2.75) is 33.6 Å². The summed E-state index contributed by atoms with van der Waals surface area (Å²) in [6.45, 7) is 9.08. The van der Waals surface area contributed by atoms with E-state index in [4.69, 9.17) is 16.6 Å². The van der Waals surface area contributed by atoms with Crippen molar-refractivity contribution in [3.63, 3.8) is 0 Å². The van der Waals surface area contributed by atoms with Crippen LogP contribution in [0.3, 0.4) is 0 Å². The van der Waals surface area contributed by atoms with Gasteiger partial charge in [-0.25, -0.2) is 9.97 Å². The van der Waals surface area contributed by atoms with Gasteiger partial charge in [0.05, 0.1) is 0 Å². The standard InChI is InChI=1S/C21H27ClN4O/c1-15-4-6-18(7-5-15)14-19-16(2)23-17(3)24-21(19)26-12-10-25(11-13-26)20(27)8-9-22/h4-7H,8-14H2,1-3H3. The van der Waals surface area contributed by atoms with Crippen molar-refractivity contribution in [3.8, 4) is 0 Å². The molecule has 1 fully saturated rings. The SMILES string of the molecule is Cc1ccc(Cc2c(C)nc(C)nc2N2CCN(C(=O)CCCl)CC2)cc1. The van der Waals surface area contributed by atoms with E-state index in [9.17, 15) is 4.79 Å². The molecule has 144 valence electrons. The lowest BCUT2D eigenvalue weighted by Gasteiger charge is -2.36. The monoisotopic (exact) mass is 386 g/mol. The molecule has 3 rings (SSSR count). The van der Waals surface area contributed by atoms with Crippen LogP contribution in [-0.4, -0.2) is 52.8 Å². The Morgan fingerprint density at radius 2 is 1.70 bits per heavy atom. The number of aromatic nitrogens is 2. The van der Waals surface area contributed by atoms with E-state index in [1.54, 1.807) is 0 Å². The van der Waals surface area contributed by atoms with Gasteiger partial charge < -0.3 is 9.80 Å². The molecule has 0 saturated carbocycles. The number of amides is 1. The second kappa shape index (κ2) is 8.70. The fourth-order valence-electron chi connectivity index (χ4n) is 3.50. The third kappa shape index (κ3) is 4.78. The molecule has 0 spiro atoms. The van der Waals surface area contributed by atoms with Crippen molar-refractivity contribution in [2.24, 2.45) is 0 Å². The maximum Gasteiger partial charge on any atom is 0.223 e. The zero-order chi connectivity index (χ0) is 19.4. The highest BCUT2D eigenvalue weighted by Gasteiger charge is 2.24. The van der Waals surface area contributed by atoms with Gasteiger partial charge in [-0.2, -0.15) is 0 Å². The predicted molar refractivity (Wildman–Crippen MR) is 110 cm³/mol. The molecule has 1 aliphatic heterocycles. The number of anilines is 1. The molecule has 5 nitrogen and oxygen atoms in total. The first-order valence-electron chi connectivity index (χ1n) is 9.46. The van der Waals surface area contributed by atoms with Gasteiger partial charge in [0.2, 0.25) is 5.91 Å². The summed E-state index contributed by atoms with van der Waals surface area (Å²) in [6.07, 6.45) is 1.22. The van der Waals surface area contributed by atoms with E-state index in [-0.39, 0.29) is 5.91 Å². The van der Waals surface area contributed by atoms with E-state index < -0.39 is 0 Å². The number of nitrogens with zero attached hydrogens (tertiary/aromatic N) is 4. The van der Waals surface area contributed by atoms with Crippen LogP contribution >= 0.6 is 11.6 Å². The Morgan fingerprint density at radius 1 is 1.04 bits per heavy atom. The Hall–Kier alpha value is -2.14. The molecule has 0 atom stereocenters. The summed E-state index contributed by atoms with van der Waals surface area (Å²) in [6, 6.07) is 8.61. The largest absolute Gasteiger partial charge is 0.353 e. The Morgan fingerprint density at radius 3 is 2.33 bits per heavy atom. The summed E-state index contributed by atoms with van der Waals surface area (Å²) in [5.41, 5.74) is 4.71. The van der Waals surface area contributed by atoms with Crippen LogP contribution in [0, 0.1) is 20.8 Å². The first-order valence-corrected chi connectivity index (χ1v) is 9.99. The fourth-order valence-corrected chi connectivity index (χ4v) is 3.66. The lowest BCUT2D eigenvalue weighted by Crippen LogP contribution is -2.49. The van der Waals surface area contributed by atoms with Crippen LogP contribution < -0.4 is 4.90 Å². The van der Waals surface area contributed by atoms with Gasteiger partial charge in [-0.15, -0.1) is 11.6 Å². The van der Waals surface area contributed by atoms with Crippen LogP contribution in [0.15, 0.2) is 24.3 Å². The molecule has 27 heavy (non-hydrogen) atoms. The molecule has 1 amide bonds. The third-order valence-corrected chi connectivity index (χ3v) is 5.23. The van der Waals surface area contributed by atoms with E-state index in [0.717, 1.165) is 36.8 Å². The van der Waals surface area contributed by atoms with Crippen LogP contribution in [0.2, 0.25) is 0 Å². The average Bonchev–Trinajstić information content (AvgIpc) is 2.65. The second-order valence-electron chi connectivity index (χ2n) is 7.13. The van der Waals surface area contributed by atoms with Crippen LogP contribution in [-0.2, 0) is 11.2 Å². The smallest absolute Gasteiger partial charge is 0.223 e. The van der Waals surface area contributed by atoms with Crippen molar-refractivity contribution >= 4 is 23.3 Å². The van der Waals surface area contributed by atoms with E-state index >= 15 is 0 Å². The number of carbonyl (C=O) groups excluding carboxylic acids is 1. The molecular formula is C21H27ClN4O. The maximum atomic E-state index is 12.1. The molecule has 1 aliphatic rings. The molecule has 1 aromatic heterocycles. The average molecular weight is 387 g/mol. The highest BCUT2D eigenvalue weighted by Crippen LogP contribution is 2.25. The van der Waals surface area contributed by atoms with Crippen LogP contribution in [0.4, 0.5) is 5.82 Å². The molecule has 0 bridgehead atoms. The maximum absolute atomic E-state index is 12.1. The van der Waals surface area contributed by atoms with E-state index in [1.165, 1.54) is 16.7 Å². The molecule has 0 unspecified atom stereocenters. The van der Waals surface area contributed by atoms with Gasteiger partial charge in [-0.1, -0.05) is 29.8 Å². The summed E-state index contributed by atoms with van der Waals surface area (Å²) in [4.78, 5) is 25.6. The topological polar surface area (TPSA) is 49.3 Å². The number of alkyl halides is 1. The molecule has 1 aromatic carbocycles. The molecule has 2 aromatic rings. The fraction of sp³-hybridized carbons (Fsp3) is 0.476. The van der Waals surface area contributed by atoms with Gasteiger partial charge in [-0.3, -0.25) is 4.79 Å². The Bertz CT molecular complexity index is 799. The first kappa shape index (κ1) is 19.6. The van der Waals surface area contributed by atoms with Crippen LogP contribution in [0.25, 0.3) is 0 Å². The number of piperazine rings is 1. The van der Waals surface area contributed by atoms with Gasteiger partial charge in [-0.05, 0) is 26.3 Å². The highest BCUT2D eigenvalue weighted by molar-refractivity contribution is 6.18. The molecule has 6 heteroatoms. The first-order chi connectivity index (χ1) is 13.0.